The van der Waals surface area contributed by atoms with Gasteiger partial charge in [-0.1, -0.05) is 13.8 Å². The van der Waals surface area contributed by atoms with Crippen molar-refractivity contribution in [3.63, 3.8) is 0 Å². The predicted molar refractivity (Wildman–Crippen MR) is 68.3 cm³/mol. The molecule has 1 saturated heterocycles. The van der Waals surface area contributed by atoms with Crippen LogP contribution in [0.25, 0.3) is 0 Å². The lowest BCUT2D eigenvalue weighted by Crippen LogP contribution is -2.26. The second kappa shape index (κ2) is 3.81. The van der Waals surface area contributed by atoms with Gasteiger partial charge in [-0.15, -0.1) is 11.3 Å². The minimum absolute atomic E-state index is 0.330. The normalized spacial score (nSPS) is 24.6. The van der Waals surface area contributed by atoms with Crippen LogP contribution >= 0.6 is 11.3 Å². The minimum atomic E-state index is 0.330. The highest BCUT2D eigenvalue weighted by atomic mass is 32.1. The van der Waals surface area contributed by atoms with E-state index in [-0.39, 0.29) is 0 Å². The molecule has 2 aliphatic rings. The van der Waals surface area contributed by atoms with Gasteiger partial charge in [0.2, 0.25) is 0 Å². The molecule has 1 N–H and O–H groups in total. The number of thiazole rings is 1. The van der Waals surface area contributed by atoms with Crippen molar-refractivity contribution in [3.05, 3.63) is 15.6 Å². The lowest BCUT2D eigenvalue weighted by Gasteiger charge is -2.21. The van der Waals surface area contributed by atoms with Gasteiger partial charge in [0, 0.05) is 16.2 Å². The van der Waals surface area contributed by atoms with E-state index in [1.807, 2.05) is 11.3 Å². The highest BCUT2D eigenvalue weighted by Gasteiger charge is 2.34. The summed E-state index contributed by atoms with van der Waals surface area (Å²) in [5, 5.41) is 4.84. The van der Waals surface area contributed by atoms with Gasteiger partial charge >= 0.3 is 0 Å². The zero-order chi connectivity index (χ0) is 11.2. The van der Waals surface area contributed by atoms with E-state index in [1.54, 1.807) is 4.88 Å². The van der Waals surface area contributed by atoms with Crippen LogP contribution in [0.2, 0.25) is 0 Å². The number of hydrogen-bond donors (Lipinski definition) is 1. The Morgan fingerprint density at radius 2 is 2.06 bits per heavy atom. The molecule has 0 atom stereocenters. The summed E-state index contributed by atoms with van der Waals surface area (Å²) >= 11 is 1.99. The molecule has 0 bridgehead atoms. The molecule has 1 aromatic rings. The van der Waals surface area contributed by atoms with Crippen molar-refractivity contribution in [2.75, 3.05) is 13.1 Å². The number of hydrogen-bond acceptors (Lipinski definition) is 3. The molecule has 3 heteroatoms. The smallest absolute Gasteiger partial charge is 0.0963 e. The fraction of sp³-hybridized carbons (Fsp3) is 0.769. The summed E-state index contributed by atoms with van der Waals surface area (Å²) in [4.78, 5) is 6.53. The summed E-state index contributed by atoms with van der Waals surface area (Å²) in [6, 6.07) is 0. The Morgan fingerprint density at radius 1 is 1.31 bits per heavy atom. The number of rotatable bonds is 1. The molecule has 1 aromatic heterocycles. The van der Waals surface area contributed by atoms with Gasteiger partial charge in [0.05, 0.1) is 10.7 Å². The van der Waals surface area contributed by atoms with Gasteiger partial charge in [0.25, 0.3) is 0 Å². The van der Waals surface area contributed by atoms with Crippen LogP contribution in [0.15, 0.2) is 0 Å². The summed E-state index contributed by atoms with van der Waals surface area (Å²) in [5.41, 5.74) is 1.74. The van der Waals surface area contributed by atoms with Gasteiger partial charge in [0.15, 0.2) is 0 Å². The predicted octanol–water partition coefficient (Wildman–Crippen LogP) is 2.83. The second-order valence-electron chi connectivity index (χ2n) is 5.73. The van der Waals surface area contributed by atoms with Gasteiger partial charge in [-0.3, -0.25) is 0 Å². The SMILES string of the molecule is CC1(C)CCc2sc(C3CCNCC3)nc21. The Hall–Kier alpha value is -0.410. The van der Waals surface area contributed by atoms with E-state index in [2.05, 4.69) is 19.2 Å². The first-order valence-electron chi connectivity index (χ1n) is 6.37. The Kier molecular flexibility index (Phi) is 2.55. The summed E-state index contributed by atoms with van der Waals surface area (Å²) in [7, 11) is 0. The minimum Gasteiger partial charge on any atom is -0.317 e. The Balaban J connectivity index is 1.88. The molecule has 0 saturated carbocycles. The topological polar surface area (TPSA) is 24.9 Å². The van der Waals surface area contributed by atoms with Crippen LogP contribution < -0.4 is 5.32 Å². The average Bonchev–Trinajstić information content (AvgIpc) is 2.82. The lowest BCUT2D eigenvalue weighted by atomic mass is 9.91. The Bertz CT molecular complexity index is 389. The first-order chi connectivity index (χ1) is 7.67. The maximum atomic E-state index is 4.96. The van der Waals surface area contributed by atoms with Crippen molar-refractivity contribution in [1.82, 2.24) is 10.3 Å². The molecule has 0 unspecified atom stereocenters. The summed E-state index contributed by atoms with van der Waals surface area (Å²) in [6.07, 6.45) is 5.08. The van der Waals surface area contributed by atoms with Crippen molar-refractivity contribution in [2.24, 2.45) is 0 Å². The molecule has 0 radical (unpaired) electrons. The van der Waals surface area contributed by atoms with Crippen LogP contribution in [0.4, 0.5) is 0 Å². The third-order valence-electron chi connectivity index (χ3n) is 4.02. The number of fused-ring (bicyclic) bond motifs is 1. The summed E-state index contributed by atoms with van der Waals surface area (Å²) in [6.45, 7) is 7.01. The molecule has 1 aliphatic carbocycles. The van der Waals surface area contributed by atoms with Crippen LogP contribution in [0, 0.1) is 0 Å². The number of aromatic nitrogens is 1. The second-order valence-corrected chi connectivity index (χ2v) is 6.85. The van der Waals surface area contributed by atoms with E-state index in [0.29, 0.717) is 5.41 Å². The first kappa shape index (κ1) is 10.7. The Labute approximate surface area is 101 Å². The third-order valence-corrected chi connectivity index (χ3v) is 5.30. The van der Waals surface area contributed by atoms with Gasteiger partial charge in [-0.2, -0.15) is 0 Å². The molecule has 16 heavy (non-hydrogen) atoms. The molecule has 88 valence electrons. The van der Waals surface area contributed by atoms with Crippen LogP contribution in [0.5, 0.6) is 0 Å². The van der Waals surface area contributed by atoms with E-state index < -0.39 is 0 Å². The third kappa shape index (κ3) is 1.70. The average molecular weight is 236 g/mol. The van der Waals surface area contributed by atoms with Gasteiger partial charge in [0.1, 0.15) is 0 Å². The molecule has 3 rings (SSSR count). The van der Waals surface area contributed by atoms with Crippen molar-refractivity contribution in [3.8, 4) is 0 Å². The maximum absolute atomic E-state index is 4.96. The highest BCUT2D eigenvalue weighted by Crippen LogP contribution is 2.43. The van der Waals surface area contributed by atoms with Crippen LogP contribution in [-0.2, 0) is 11.8 Å². The number of piperidine rings is 1. The Morgan fingerprint density at radius 3 is 2.75 bits per heavy atom. The fourth-order valence-corrected chi connectivity index (χ4v) is 4.27. The largest absolute Gasteiger partial charge is 0.317 e. The lowest BCUT2D eigenvalue weighted by molar-refractivity contribution is 0.454. The molecular weight excluding hydrogens is 216 g/mol. The van der Waals surface area contributed by atoms with Gasteiger partial charge in [-0.25, -0.2) is 4.98 Å². The van der Waals surface area contributed by atoms with E-state index in [0.717, 1.165) is 19.0 Å². The molecule has 0 amide bonds. The highest BCUT2D eigenvalue weighted by molar-refractivity contribution is 7.11. The number of aryl methyl sites for hydroxylation is 1. The van der Waals surface area contributed by atoms with Gasteiger partial charge in [-0.05, 0) is 38.8 Å². The van der Waals surface area contributed by atoms with Crippen LogP contribution in [-0.4, -0.2) is 18.1 Å². The number of nitrogens with one attached hydrogen (secondary N) is 1. The van der Waals surface area contributed by atoms with E-state index in [4.69, 9.17) is 4.98 Å². The monoisotopic (exact) mass is 236 g/mol. The van der Waals surface area contributed by atoms with Crippen molar-refractivity contribution in [2.45, 2.75) is 50.9 Å². The fourth-order valence-electron chi connectivity index (χ4n) is 2.86. The van der Waals surface area contributed by atoms with Gasteiger partial charge < -0.3 is 5.32 Å². The van der Waals surface area contributed by atoms with Crippen molar-refractivity contribution in [1.29, 1.82) is 0 Å². The van der Waals surface area contributed by atoms with E-state index in [9.17, 15) is 0 Å². The molecule has 1 fully saturated rings. The van der Waals surface area contributed by atoms with E-state index >= 15 is 0 Å². The quantitative estimate of drug-likeness (QED) is 0.811. The first-order valence-corrected chi connectivity index (χ1v) is 7.19. The van der Waals surface area contributed by atoms with Crippen molar-refractivity contribution < 1.29 is 0 Å². The van der Waals surface area contributed by atoms with Crippen molar-refractivity contribution >= 4 is 11.3 Å². The summed E-state index contributed by atoms with van der Waals surface area (Å²) in [5.74, 6) is 0.729. The molecule has 2 nitrogen and oxygen atoms in total. The molecule has 0 aromatic carbocycles. The summed E-state index contributed by atoms with van der Waals surface area (Å²) < 4.78 is 0. The maximum Gasteiger partial charge on any atom is 0.0963 e. The molecule has 0 spiro atoms. The number of nitrogens with zero attached hydrogens (tertiary/aromatic N) is 1. The van der Waals surface area contributed by atoms with E-state index in [1.165, 1.54) is 36.4 Å². The van der Waals surface area contributed by atoms with Crippen LogP contribution in [0.3, 0.4) is 0 Å². The zero-order valence-corrected chi connectivity index (χ0v) is 11.0. The van der Waals surface area contributed by atoms with Crippen LogP contribution in [0.1, 0.15) is 54.6 Å². The molecular formula is C13H20N2S. The molecule has 1 aliphatic heterocycles. The zero-order valence-electron chi connectivity index (χ0n) is 10.2. The standard InChI is InChI=1S/C13H20N2S/c1-13(2)6-3-10-11(13)15-12(16-10)9-4-7-14-8-5-9/h9,14H,3-8H2,1-2H3. The molecule has 2 heterocycles.